The topological polar surface area (TPSA) is 60.3 Å². The number of aryl methyl sites for hydroxylation is 1. The van der Waals surface area contributed by atoms with Crippen LogP contribution in [-0.4, -0.2) is 45.5 Å². The molecule has 0 atom stereocenters. The Labute approximate surface area is 206 Å². The first-order chi connectivity index (χ1) is 16.0. The Hall–Kier alpha value is -2.81. The lowest BCUT2D eigenvalue weighted by atomic mass is 10.1. The fraction of sp³-hybridized carbons (Fsp3) is 0.208. The molecule has 4 rings (SSSR count). The average Bonchev–Trinajstić information content (AvgIpc) is 3.43. The molecule has 0 spiro atoms. The SMILES string of the molecule is COc1ccccc1-c1nnc(SCC(=O)N(C)Cc2ccc(Cl)s2)n1-c1ccc(C)cc1. The summed E-state index contributed by atoms with van der Waals surface area (Å²) in [5.41, 5.74) is 2.91. The third-order valence-corrected chi connectivity index (χ3v) is 7.18. The zero-order chi connectivity index (χ0) is 23.4. The summed E-state index contributed by atoms with van der Waals surface area (Å²) in [6, 6.07) is 19.6. The number of thiophene rings is 1. The van der Waals surface area contributed by atoms with E-state index < -0.39 is 0 Å². The second-order valence-corrected chi connectivity index (χ2v) is 10.2. The van der Waals surface area contributed by atoms with Crippen LogP contribution in [0.25, 0.3) is 17.1 Å². The Bertz CT molecular complexity index is 1250. The highest BCUT2D eigenvalue weighted by molar-refractivity contribution is 7.99. The number of carbonyl (C=O) groups excluding carboxylic acids is 1. The van der Waals surface area contributed by atoms with Gasteiger partial charge in [-0.15, -0.1) is 21.5 Å². The number of aromatic nitrogens is 3. The summed E-state index contributed by atoms with van der Waals surface area (Å²) in [7, 11) is 3.43. The minimum atomic E-state index is 0.00169. The van der Waals surface area contributed by atoms with Gasteiger partial charge in [-0.25, -0.2) is 0 Å². The van der Waals surface area contributed by atoms with E-state index in [0.717, 1.165) is 26.0 Å². The molecule has 0 unspecified atom stereocenters. The molecular formula is C24H23ClN4O2S2. The fourth-order valence-electron chi connectivity index (χ4n) is 3.29. The van der Waals surface area contributed by atoms with Crippen molar-refractivity contribution < 1.29 is 9.53 Å². The van der Waals surface area contributed by atoms with Gasteiger partial charge in [0.15, 0.2) is 11.0 Å². The van der Waals surface area contributed by atoms with Crippen molar-refractivity contribution in [2.24, 2.45) is 0 Å². The van der Waals surface area contributed by atoms with Crippen molar-refractivity contribution in [1.82, 2.24) is 19.7 Å². The van der Waals surface area contributed by atoms with Crippen LogP contribution < -0.4 is 4.74 Å². The molecule has 0 aliphatic carbocycles. The molecule has 0 radical (unpaired) electrons. The molecule has 6 nitrogen and oxygen atoms in total. The number of carbonyl (C=O) groups is 1. The maximum atomic E-state index is 12.8. The summed E-state index contributed by atoms with van der Waals surface area (Å²) < 4.78 is 8.23. The number of para-hydroxylation sites is 1. The molecule has 2 aromatic carbocycles. The van der Waals surface area contributed by atoms with E-state index in [0.29, 0.717) is 23.3 Å². The smallest absolute Gasteiger partial charge is 0.233 e. The van der Waals surface area contributed by atoms with Gasteiger partial charge in [-0.3, -0.25) is 9.36 Å². The zero-order valence-electron chi connectivity index (χ0n) is 18.5. The van der Waals surface area contributed by atoms with E-state index in [1.165, 1.54) is 23.1 Å². The van der Waals surface area contributed by atoms with Crippen LogP contribution >= 0.6 is 34.7 Å². The number of halogens is 1. The molecule has 2 heterocycles. The highest BCUT2D eigenvalue weighted by Gasteiger charge is 2.20. The third-order valence-electron chi connectivity index (χ3n) is 5.05. The van der Waals surface area contributed by atoms with E-state index in [9.17, 15) is 4.79 Å². The van der Waals surface area contributed by atoms with E-state index in [1.807, 2.05) is 72.2 Å². The highest BCUT2D eigenvalue weighted by atomic mass is 35.5. The van der Waals surface area contributed by atoms with Crippen LogP contribution in [0.5, 0.6) is 5.75 Å². The standard InChI is InChI=1S/C24H23ClN4O2S2/c1-16-8-10-17(11-9-16)29-23(19-6-4-5-7-20(19)31-3)26-27-24(29)32-15-22(30)28(2)14-18-12-13-21(25)33-18/h4-13H,14-15H2,1-3H3. The molecule has 170 valence electrons. The van der Waals surface area contributed by atoms with Crippen molar-refractivity contribution in [2.75, 3.05) is 19.9 Å². The molecule has 0 aliphatic rings. The Morgan fingerprint density at radius 1 is 1.12 bits per heavy atom. The van der Waals surface area contributed by atoms with Crippen molar-refractivity contribution >= 4 is 40.6 Å². The molecule has 0 saturated heterocycles. The van der Waals surface area contributed by atoms with Crippen LogP contribution in [0.3, 0.4) is 0 Å². The normalized spacial score (nSPS) is 10.9. The summed E-state index contributed by atoms with van der Waals surface area (Å²) in [6.45, 7) is 2.57. The summed E-state index contributed by atoms with van der Waals surface area (Å²) >= 11 is 8.85. The average molecular weight is 499 g/mol. The van der Waals surface area contributed by atoms with Gasteiger partial charge >= 0.3 is 0 Å². The van der Waals surface area contributed by atoms with Crippen LogP contribution in [-0.2, 0) is 11.3 Å². The molecule has 33 heavy (non-hydrogen) atoms. The summed E-state index contributed by atoms with van der Waals surface area (Å²) in [4.78, 5) is 15.5. The first-order valence-electron chi connectivity index (χ1n) is 10.2. The maximum Gasteiger partial charge on any atom is 0.233 e. The Balaban J connectivity index is 1.60. The summed E-state index contributed by atoms with van der Waals surface area (Å²) in [6.07, 6.45) is 0. The molecule has 0 N–H and O–H groups in total. The van der Waals surface area contributed by atoms with Crippen LogP contribution in [0.2, 0.25) is 4.34 Å². The van der Waals surface area contributed by atoms with Crippen LogP contribution in [0.4, 0.5) is 0 Å². The number of thioether (sulfide) groups is 1. The van der Waals surface area contributed by atoms with Gasteiger partial charge in [-0.05, 0) is 43.3 Å². The lowest BCUT2D eigenvalue weighted by molar-refractivity contribution is -0.127. The molecule has 0 saturated carbocycles. The molecule has 2 aromatic heterocycles. The number of ether oxygens (including phenoxy) is 1. The Kier molecular flexibility index (Phi) is 7.37. The maximum absolute atomic E-state index is 12.8. The van der Waals surface area contributed by atoms with Crippen molar-refractivity contribution in [3.05, 3.63) is 75.4 Å². The van der Waals surface area contributed by atoms with E-state index in [-0.39, 0.29) is 11.7 Å². The first kappa shape index (κ1) is 23.4. The molecule has 0 aliphatic heterocycles. The number of hydrogen-bond acceptors (Lipinski definition) is 6. The molecule has 0 fully saturated rings. The number of amides is 1. The van der Waals surface area contributed by atoms with E-state index in [1.54, 1.807) is 19.1 Å². The molecule has 0 bridgehead atoms. The summed E-state index contributed by atoms with van der Waals surface area (Å²) in [5.74, 6) is 1.61. The molecular weight excluding hydrogens is 476 g/mol. The minimum Gasteiger partial charge on any atom is -0.496 e. The monoisotopic (exact) mass is 498 g/mol. The second kappa shape index (κ2) is 10.4. The predicted octanol–water partition coefficient (Wildman–Crippen LogP) is 5.72. The molecule has 9 heteroatoms. The van der Waals surface area contributed by atoms with Gasteiger partial charge < -0.3 is 9.64 Å². The van der Waals surface area contributed by atoms with Gasteiger partial charge in [-0.1, -0.05) is 53.2 Å². The lowest BCUT2D eigenvalue weighted by Crippen LogP contribution is -2.27. The number of hydrogen-bond donors (Lipinski definition) is 0. The number of nitrogens with zero attached hydrogens (tertiary/aromatic N) is 4. The van der Waals surface area contributed by atoms with Crippen molar-refractivity contribution in [1.29, 1.82) is 0 Å². The van der Waals surface area contributed by atoms with Crippen LogP contribution in [0.1, 0.15) is 10.4 Å². The third kappa shape index (κ3) is 5.40. The van der Waals surface area contributed by atoms with Gasteiger partial charge in [0, 0.05) is 17.6 Å². The fourth-order valence-corrected chi connectivity index (χ4v) is 5.32. The quantitative estimate of drug-likeness (QED) is 0.291. The summed E-state index contributed by atoms with van der Waals surface area (Å²) in [5, 5.41) is 9.52. The van der Waals surface area contributed by atoms with E-state index >= 15 is 0 Å². The van der Waals surface area contributed by atoms with Crippen LogP contribution in [0, 0.1) is 6.92 Å². The van der Waals surface area contributed by atoms with Gasteiger partial charge in [0.25, 0.3) is 0 Å². The number of methoxy groups -OCH3 is 1. The minimum absolute atomic E-state index is 0.00169. The van der Waals surface area contributed by atoms with Gasteiger partial charge in [0.2, 0.25) is 5.91 Å². The zero-order valence-corrected chi connectivity index (χ0v) is 20.9. The Morgan fingerprint density at radius 2 is 1.88 bits per heavy atom. The van der Waals surface area contributed by atoms with Crippen molar-refractivity contribution in [3.8, 4) is 22.8 Å². The van der Waals surface area contributed by atoms with E-state index in [4.69, 9.17) is 16.3 Å². The number of rotatable bonds is 8. The second-order valence-electron chi connectivity index (χ2n) is 7.42. The molecule has 1 amide bonds. The predicted molar refractivity (Wildman–Crippen MR) is 135 cm³/mol. The molecule has 4 aromatic rings. The van der Waals surface area contributed by atoms with Crippen LogP contribution in [0.15, 0.2) is 65.8 Å². The first-order valence-corrected chi connectivity index (χ1v) is 12.4. The Morgan fingerprint density at radius 3 is 2.58 bits per heavy atom. The number of benzene rings is 2. The van der Waals surface area contributed by atoms with E-state index in [2.05, 4.69) is 10.2 Å². The van der Waals surface area contributed by atoms with Gasteiger partial charge in [0.05, 0.1) is 29.3 Å². The van der Waals surface area contributed by atoms with Crippen molar-refractivity contribution in [3.63, 3.8) is 0 Å². The largest absolute Gasteiger partial charge is 0.496 e. The van der Waals surface area contributed by atoms with Gasteiger partial charge in [0.1, 0.15) is 5.75 Å². The van der Waals surface area contributed by atoms with Crippen molar-refractivity contribution in [2.45, 2.75) is 18.6 Å². The highest BCUT2D eigenvalue weighted by Crippen LogP contribution is 2.33. The lowest BCUT2D eigenvalue weighted by Gasteiger charge is -2.16. The van der Waals surface area contributed by atoms with Gasteiger partial charge in [-0.2, -0.15) is 0 Å².